The summed E-state index contributed by atoms with van der Waals surface area (Å²) in [5.41, 5.74) is 1.94. The van der Waals surface area contributed by atoms with Gasteiger partial charge in [-0.25, -0.2) is 8.42 Å². The molecule has 0 radical (unpaired) electrons. The van der Waals surface area contributed by atoms with Gasteiger partial charge in [0.15, 0.2) is 6.10 Å². The fraction of sp³-hybridized carbons (Fsp3) is 0.545. The summed E-state index contributed by atoms with van der Waals surface area (Å²) in [4.78, 5) is 14.8. The minimum Gasteiger partial charge on any atom is -0.496 e. The summed E-state index contributed by atoms with van der Waals surface area (Å²) in [6.07, 6.45) is 6.78. The van der Waals surface area contributed by atoms with Gasteiger partial charge in [-0.05, 0) is 63.0 Å². The van der Waals surface area contributed by atoms with E-state index in [-0.39, 0.29) is 12.0 Å². The van der Waals surface area contributed by atoms with Crippen LogP contribution in [0.15, 0.2) is 40.6 Å². The summed E-state index contributed by atoms with van der Waals surface area (Å²) in [6, 6.07) is 7.93. The molecule has 30 heavy (non-hydrogen) atoms. The molecule has 2 bridgehead atoms. The van der Waals surface area contributed by atoms with Crippen LogP contribution in [0.25, 0.3) is 0 Å². The molecular weight excluding hydrogens is 404 g/mol. The van der Waals surface area contributed by atoms with Gasteiger partial charge in [-0.15, -0.1) is 0 Å². The van der Waals surface area contributed by atoms with E-state index in [1.165, 1.54) is 0 Å². The molecule has 2 fully saturated rings. The van der Waals surface area contributed by atoms with Crippen LogP contribution < -0.4 is 4.74 Å². The number of hydrogen-bond donors (Lipinski definition) is 0. The van der Waals surface area contributed by atoms with Crippen molar-refractivity contribution in [3.63, 3.8) is 0 Å². The summed E-state index contributed by atoms with van der Waals surface area (Å²) < 4.78 is 39.7. The van der Waals surface area contributed by atoms with Crippen molar-refractivity contribution in [2.45, 2.75) is 63.6 Å². The quantitative estimate of drug-likeness (QED) is 0.679. The molecule has 1 saturated heterocycles. The molecule has 3 heterocycles. The number of carbonyl (C=O) groups excluding carboxylic acids is 1. The van der Waals surface area contributed by atoms with E-state index in [1.807, 2.05) is 18.2 Å². The molecule has 0 N–H and O–H groups in total. The third-order valence-corrected chi connectivity index (χ3v) is 6.53. The SMILES string of the molecule is C[C@H]1Oc2ccccc2C2CCC(CC2)O/C=C2/C(=N/S(C)(=O)=O)CCCN2C1=O. The van der Waals surface area contributed by atoms with E-state index in [1.54, 1.807) is 18.1 Å². The molecule has 8 heteroatoms. The molecule has 0 aromatic heterocycles. The second-order valence-corrected chi connectivity index (χ2v) is 9.92. The first-order valence-electron chi connectivity index (χ1n) is 10.5. The Morgan fingerprint density at radius 3 is 2.60 bits per heavy atom. The maximum Gasteiger partial charge on any atom is 0.267 e. The Labute approximate surface area is 177 Å². The largest absolute Gasteiger partial charge is 0.496 e. The van der Waals surface area contributed by atoms with Gasteiger partial charge < -0.3 is 14.4 Å². The molecule has 1 aromatic carbocycles. The number of piperidine rings is 1. The third-order valence-electron chi connectivity index (χ3n) is 5.98. The number of nitrogens with zero attached hydrogens (tertiary/aromatic N) is 2. The highest BCUT2D eigenvalue weighted by Gasteiger charge is 2.33. The van der Waals surface area contributed by atoms with Gasteiger partial charge in [-0.1, -0.05) is 18.2 Å². The van der Waals surface area contributed by atoms with Crippen molar-refractivity contribution in [2.75, 3.05) is 12.8 Å². The van der Waals surface area contributed by atoms with E-state index in [0.29, 0.717) is 36.7 Å². The van der Waals surface area contributed by atoms with E-state index >= 15 is 0 Å². The van der Waals surface area contributed by atoms with E-state index in [0.717, 1.165) is 43.3 Å². The first kappa shape index (κ1) is 20.9. The zero-order valence-electron chi connectivity index (χ0n) is 17.4. The standard InChI is InChI=1S/C22H28N2O5S/c1-15-22(25)24-13-5-7-19(23-30(2,26)27)20(24)14-28-17-11-9-16(10-12-17)18-6-3-4-8-21(18)29-15/h3-4,6,8,14-17H,5,7,9-13H2,1-2H3/b20-14-,23-19+/t15-,16?,17?/m1/s1. The maximum atomic E-state index is 13.3. The van der Waals surface area contributed by atoms with Crippen LogP contribution in [0.3, 0.4) is 0 Å². The molecule has 1 saturated carbocycles. The molecule has 4 aliphatic rings. The van der Waals surface area contributed by atoms with E-state index in [2.05, 4.69) is 10.5 Å². The Hall–Kier alpha value is -2.35. The number of benzene rings is 1. The average Bonchev–Trinajstić information content (AvgIpc) is 2.72. The first-order valence-corrected chi connectivity index (χ1v) is 12.4. The topological polar surface area (TPSA) is 85.3 Å². The van der Waals surface area contributed by atoms with Crippen molar-refractivity contribution in [3.8, 4) is 5.75 Å². The van der Waals surface area contributed by atoms with Gasteiger partial charge in [0.1, 0.15) is 17.7 Å². The molecule has 5 rings (SSSR count). The van der Waals surface area contributed by atoms with E-state index < -0.39 is 16.1 Å². The molecule has 162 valence electrons. The molecule has 7 nitrogen and oxygen atoms in total. The third kappa shape index (κ3) is 4.53. The molecule has 0 spiro atoms. The smallest absolute Gasteiger partial charge is 0.267 e. The number of ether oxygens (including phenoxy) is 2. The number of carbonyl (C=O) groups is 1. The normalized spacial score (nSPS) is 30.5. The average molecular weight is 433 g/mol. The number of sulfonamides is 1. The number of amides is 1. The van der Waals surface area contributed by atoms with Crippen LogP contribution in [0, 0.1) is 0 Å². The lowest BCUT2D eigenvalue weighted by molar-refractivity contribution is -0.136. The highest BCUT2D eigenvalue weighted by molar-refractivity contribution is 7.89. The lowest BCUT2D eigenvalue weighted by Gasteiger charge is -2.32. The number of fused-ring (bicyclic) bond motifs is 5. The second-order valence-electron chi connectivity index (χ2n) is 8.28. The van der Waals surface area contributed by atoms with Crippen molar-refractivity contribution in [3.05, 3.63) is 41.8 Å². The number of rotatable bonds is 1. The Kier molecular flexibility index (Phi) is 5.86. The summed E-state index contributed by atoms with van der Waals surface area (Å²) >= 11 is 0. The Morgan fingerprint density at radius 2 is 1.87 bits per heavy atom. The Bertz CT molecular complexity index is 977. The summed E-state index contributed by atoms with van der Waals surface area (Å²) in [7, 11) is -3.59. The minimum absolute atomic E-state index is 0.0402. The lowest BCUT2D eigenvalue weighted by atomic mass is 9.82. The number of allylic oxidation sites excluding steroid dienone is 1. The summed E-state index contributed by atoms with van der Waals surface area (Å²) in [5, 5.41) is 0. The molecule has 1 aromatic rings. The first-order chi connectivity index (χ1) is 14.3. The van der Waals surface area contributed by atoms with Crippen molar-refractivity contribution in [2.24, 2.45) is 4.40 Å². The fourth-order valence-electron chi connectivity index (χ4n) is 4.52. The van der Waals surface area contributed by atoms with Crippen molar-refractivity contribution < 1.29 is 22.7 Å². The summed E-state index contributed by atoms with van der Waals surface area (Å²) in [5.74, 6) is 0.892. The Morgan fingerprint density at radius 1 is 1.13 bits per heavy atom. The van der Waals surface area contributed by atoms with Gasteiger partial charge in [-0.3, -0.25) is 4.79 Å². The van der Waals surface area contributed by atoms with E-state index in [9.17, 15) is 13.2 Å². The van der Waals surface area contributed by atoms with Gasteiger partial charge >= 0.3 is 0 Å². The predicted octanol–water partition coefficient (Wildman–Crippen LogP) is 3.37. The van der Waals surface area contributed by atoms with Crippen LogP contribution in [0.4, 0.5) is 0 Å². The molecular formula is C22H28N2O5S. The number of hydrogen-bond acceptors (Lipinski definition) is 5. The van der Waals surface area contributed by atoms with Gasteiger partial charge in [0.05, 0.1) is 18.1 Å². The van der Waals surface area contributed by atoms with Crippen LogP contribution in [-0.4, -0.2) is 49.9 Å². The van der Waals surface area contributed by atoms with Crippen LogP contribution in [-0.2, 0) is 19.6 Å². The highest BCUT2D eigenvalue weighted by Crippen LogP contribution is 2.39. The molecule has 1 atom stereocenters. The maximum absolute atomic E-state index is 13.3. The van der Waals surface area contributed by atoms with Crippen LogP contribution >= 0.6 is 0 Å². The highest BCUT2D eigenvalue weighted by atomic mass is 32.2. The van der Waals surface area contributed by atoms with Gasteiger partial charge in [0.25, 0.3) is 15.9 Å². The van der Waals surface area contributed by atoms with Crippen molar-refractivity contribution in [1.29, 1.82) is 0 Å². The fourth-order valence-corrected chi connectivity index (χ4v) is 5.10. The monoisotopic (exact) mass is 432 g/mol. The summed E-state index contributed by atoms with van der Waals surface area (Å²) in [6.45, 7) is 2.20. The zero-order valence-corrected chi connectivity index (χ0v) is 18.2. The molecule has 3 aliphatic heterocycles. The van der Waals surface area contributed by atoms with Crippen molar-refractivity contribution >= 4 is 21.6 Å². The number of para-hydroxylation sites is 1. The zero-order chi connectivity index (χ0) is 21.3. The van der Waals surface area contributed by atoms with E-state index in [4.69, 9.17) is 9.47 Å². The van der Waals surface area contributed by atoms with Crippen LogP contribution in [0.5, 0.6) is 5.75 Å². The molecule has 1 aliphatic carbocycles. The molecule has 1 amide bonds. The molecule has 0 unspecified atom stereocenters. The van der Waals surface area contributed by atoms with Crippen molar-refractivity contribution in [1.82, 2.24) is 4.90 Å². The van der Waals surface area contributed by atoms with Gasteiger partial charge in [0.2, 0.25) is 0 Å². The van der Waals surface area contributed by atoms with Crippen LogP contribution in [0.1, 0.15) is 56.9 Å². The Balaban J connectivity index is 1.75. The minimum atomic E-state index is -3.59. The second kappa shape index (κ2) is 8.41. The lowest BCUT2D eigenvalue weighted by Crippen LogP contribution is -2.45. The van der Waals surface area contributed by atoms with Crippen LogP contribution in [0.2, 0.25) is 0 Å². The van der Waals surface area contributed by atoms with Gasteiger partial charge in [0, 0.05) is 6.54 Å². The predicted molar refractivity (Wildman–Crippen MR) is 114 cm³/mol. The van der Waals surface area contributed by atoms with Gasteiger partial charge in [-0.2, -0.15) is 4.40 Å².